The number of carboxylic acid groups (broad SMARTS) is 1. The number of hydrogen-bond acceptors (Lipinski definition) is 6. The molecule has 1 N–H and O–H groups in total. The van der Waals surface area contributed by atoms with Crippen LogP contribution in [0.1, 0.15) is 21.1 Å². The summed E-state index contributed by atoms with van der Waals surface area (Å²) < 4.78 is 27.9. The van der Waals surface area contributed by atoms with Crippen molar-refractivity contribution in [1.82, 2.24) is 14.8 Å². The van der Waals surface area contributed by atoms with E-state index in [9.17, 15) is 18.3 Å². The molecule has 2 aromatic carbocycles. The van der Waals surface area contributed by atoms with Gasteiger partial charge in [-0.1, -0.05) is 18.2 Å². The smallest absolute Gasteiger partial charge is 0.356 e. The highest BCUT2D eigenvalue weighted by Gasteiger charge is 2.35. The molecule has 7 nitrogen and oxygen atoms in total. The fraction of sp³-hybridized carbons (Fsp3) is 0.105. The molecule has 0 bridgehead atoms. The van der Waals surface area contributed by atoms with E-state index in [-0.39, 0.29) is 21.9 Å². The highest BCUT2D eigenvalue weighted by Crippen LogP contribution is 2.40. The molecule has 3 heterocycles. The quantitative estimate of drug-likeness (QED) is 0.542. The molecular weight excluding hydrogens is 398 g/mol. The Morgan fingerprint density at radius 3 is 2.79 bits per heavy atom. The molecule has 0 aliphatic carbocycles. The SMILES string of the molecule is Cc1nc2ccc(-n3nc(C(=O)O)c4c3-c3ccccc3S(=O)(=O)C4)cc2s1. The average molecular weight is 411 g/mol. The molecule has 5 rings (SSSR count). The van der Waals surface area contributed by atoms with Crippen molar-refractivity contribution in [2.75, 3.05) is 0 Å². The van der Waals surface area contributed by atoms with E-state index in [4.69, 9.17) is 0 Å². The molecule has 1 aliphatic heterocycles. The molecule has 4 aromatic rings. The second-order valence-electron chi connectivity index (χ2n) is 6.53. The maximum atomic E-state index is 12.7. The number of aromatic carboxylic acids is 1. The van der Waals surface area contributed by atoms with Crippen molar-refractivity contribution in [3.63, 3.8) is 0 Å². The summed E-state index contributed by atoms with van der Waals surface area (Å²) in [4.78, 5) is 16.4. The molecule has 0 fully saturated rings. The second-order valence-corrected chi connectivity index (χ2v) is 9.73. The van der Waals surface area contributed by atoms with Crippen LogP contribution in [-0.2, 0) is 15.6 Å². The molecule has 0 saturated carbocycles. The monoisotopic (exact) mass is 411 g/mol. The predicted octanol–water partition coefficient (Wildman–Crippen LogP) is 3.44. The lowest BCUT2D eigenvalue weighted by Gasteiger charge is -2.18. The third-order valence-electron chi connectivity index (χ3n) is 4.72. The van der Waals surface area contributed by atoms with Crippen LogP contribution in [-0.4, -0.2) is 34.3 Å². The lowest BCUT2D eigenvalue weighted by Crippen LogP contribution is -2.15. The van der Waals surface area contributed by atoms with E-state index in [1.54, 1.807) is 24.3 Å². The van der Waals surface area contributed by atoms with Gasteiger partial charge in [0.15, 0.2) is 15.5 Å². The molecule has 0 atom stereocenters. The third-order valence-corrected chi connectivity index (χ3v) is 7.35. The Morgan fingerprint density at radius 2 is 2.00 bits per heavy atom. The van der Waals surface area contributed by atoms with Crippen LogP contribution in [0, 0.1) is 6.92 Å². The Labute approximate surface area is 163 Å². The summed E-state index contributed by atoms with van der Waals surface area (Å²) in [5.41, 5.74) is 2.45. The van der Waals surface area contributed by atoms with Gasteiger partial charge in [-0.3, -0.25) is 0 Å². The van der Waals surface area contributed by atoms with Gasteiger partial charge in [0.05, 0.1) is 37.3 Å². The van der Waals surface area contributed by atoms with Crippen molar-refractivity contribution >= 4 is 37.4 Å². The number of aromatic nitrogens is 3. The number of thiazole rings is 1. The summed E-state index contributed by atoms with van der Waals surface area (Å²) in [7, 11) is -3.64. The molecule has 140 valence electrons. The number of rotatable bonds is 2. The van der Waals surface area contributed by atoms with Crippen molar-refractivity contribution < 1.29 is 18.3 Å². The predicted molar refractivity (Wildman–Crippen MR) is 105 cm³/mol. The zero-order chi connectivity index (χ0) is 19.6. The largest absolute Gasteiger partial charge is 0.476 e. The van der Waals surface area contributed by atoms with Gasteiger partial charge in [0.2, 0.25) is 0 Å². The summed E-state index contributed by atoms with van der Waals surface area (Å²) in [6.45, 7) is 1.92. The zero-order valence-corrected chi connectivity index (χ0v) is 16.2. The number of carboxylic acids is 1. The molecule has 9 heteroatoms. The van der Waals surface area contributed by atoms with Gasteiger partial charge in [-0.05, 0) is 31.2 Å². The first-order valence-electron chi connectivity index (χ1n) is 8.40. The second kappa shape index (κ2) is 5.73. The fourth-order valence-corrected chi connectivity index (χ4v) is 6.04. The lowest BCUT2D eigenvalue weighted by atomic mass is 10.1. The number of benzene rings is 2. The highest BCUT2D eigenvalue weighted by molar-refractivity contribution is 7.90. The summed E-state index contributed by atoms with van der Waals surface area (Å²) in [5.74, 6) is -1.64. The Kier molecular flexibility index (Phi) is 3.49. The molecule has 0 radical (unpaired) electrons. The molecule has 0 saturated heterocycles. The molecular formula is C19H13N3O4S2. The van der Waals surface area contributed by atoms with Gasteiger partial charge in [-0.25, -0.2) is 22.9 Å². The van der Waals surface area contributed by atoms with E-state index >= 15 is 0 Å². The summed E-state index contributed by atoms with van der Waals surface area (Å²) in [6, 6.07) is 12.2. The minimum absolute atomic E-state index is 0.190. The average Bonchev–Trinajstić information content (AvgIpc) is 3.20. The van der Waals surface area contributed by atoms with E-state index in [0.717, 1.165) is 15.2 Å². The van der Waals surface area contributed by atoms with Crippen molar-refractivity contribution in [1.29, 1.82) is 0 Å². The Balaban J connectivity index is 1.85. The van der Waals surface area contributed by atoms with Crippen LogP contribution in [0.15, 0.2) is 47.4 Å². The minimum Gasteiger partial charge on any atom is -0.476 e. The number of hydrogen-bond donors (Lipinski definition) is 1. The van der Waals surface area contributed by atoms with E-state index < -0.39 is 15.8 Å². The van der Waals surface area contributed by atoms with Crippen LogP contribution < -0.4 is 0 Å². The minimum atomic E-state index is -3.64. The normalized spacial score (nSPS) is 14.6. The van der Waals surface area contributed by atoms with Gasteiger partial charge in [-0.2, -0.15) is 5.10 Å². The van der Waals surface area contributed by atoms with E-state index in [1.165, 1.54) is 16.0 Å². The first kappa shape index (κ1) is 17.1. The summed E-state index contributed by atoms with van der Waals surface area (Å²) >= 11 is 1.53. The van der Waals surface area contributed by atoms with Crippen LogP contribution >= 0.6 is 11.3 Å². The summed E-state index contributed by atoms with van der Waals surface area (Å²) in [5, 5.41) is 14.8. The standard InChI is InChI=1S/C19H13N3O4S2/c1-10-20-14-7-6-11(8-15(14)27-10)22-18-12-4-2-3-5-16(12)28(25,26)9-13(18)17(21-22)19(23)24/h2-8H,9H2,1H3,(H,23,24). The van der Waals surface area contributed by atoms with Crippen molar-refractivity contribution in [3.8, 4) is 16.9 Å². The Hall–Kier alpha value is -3.04. The number of carbonyl (C=O) groups is 1. The van der Waals surface area contributed by atoms with E-state index in [1.807, 2.05) is 25.1 Å². The first-order chi connectivity index (χ1) is 13.3. The van der Waals surface area contributed by atoms with Gasteiger partial charge >= 0.3 is 5.97 Å². The Morgan fingerprint density at radius 1 is 1.21 bits per heavy atom. The van der Waals surface area contributed by atoms with Gasteiger partial charge in [0, 0.05) is 11.1 Å². The van der Waals surface area contributed by atoms with Crippen molar-refractivity contribution in [3.05, 3.63) is 58.7 Å². The number of fused-ring (bicyclic) bond motifs is 4. The topological polar surface area (TPSA) is 102 Å². The number of nitrogens with zero attached hydrogens (tertiary/aromatic N) is 3. The molecule has 2 aromatic heterocycles. The van der Waals surface area contributed by atoms with Crippen LogP contribution in [0.3, 0.4) is 0 Å². The van der Waals surface area contributed by atoms with Crippen LogP contribution in [0.5, 0.6) is 0 Å². The van der Waals surface area contributed by atoms with Crippen LogP contribution in [0.2, 0.25) is 0 Å². The van der Waals surface area contributed by atoms with Gasteiger partial charge in [0.1, 0.15) is 0 Å². The fourth-order valence-electron chi connectivity index (χ4n) is 3.58. The maximum Gasteiger partial charge on any atom is 0.356 e. The van der Waals surface area contributed by atoms with Gasteiger partial charge in [-0.15, -0.1) is 11.3 Å². The third kappa shape index (κ3) is 2.40. The number of aryl methyl sites for hydroxylation is 1. The summed E-state index contributed by atoms with van der Waals surface area (Å²) in [6.07, 6.45) is 0. The molecule has 1 aliphatic rings. The maximum absolute atomic E-state index is 12.7. The van der Waals surface area contributed by atoms with Gasteiger partial charge < -0.3 is 5.11 Å². The lowest BCUT2D eigenvalue weighted by molar-refractivity contribution is 0.0689. The van der Waals surface area contributed by atoms with Gasteiger partial charge in [0.25, 0.3) is 0 Å². The first-order valence-corrected chi connectivity index (χ1v) is 10.9. The zero-order valence-electron chi connectivity index (χ0n) is 14.6. The highest BCUT2D eigenvalue weighted by atomic mass is 32.2. The van der Waals surface area contributed by atoms with Crippen LogP contribution in [0.4, 0.5) is 0 Å². The Bertz CT molecular complexity index is 1400. The van der Waals surface area contributed by atoms with Crippen LogP contribution in [0.25, 0.3) is 27.2 Å². The van der Waals surface area contributed by atoms with E-state index in [0.29, 0.717) is 16.9 Å². The molecule has 0 unspecified atom stereocenters. The van der Waals surface area contributed by atoms with Crippen molar-refractivity contribution in [2.24, 2.45) is 0 Å². The molecule has 28 heavy (non-hydrogen) atoms. The van der Waals surface area contributed by atoms with E-state index in [2.05, 4.69) is 10.1 Å². The number of sulfone groups is 1. The molecule has 0 amide bonds. The molecule has 0 spiro atoms. The van der Waals surface area contributed by atoms with Crippen molar-refractivity contribution in [2.45, 2.75) is 17.6 Å².